The van der Waals surface area contributed by atoms with Crippen LogP contribution in [0, 0.1) is 11.3 Å². The number of nitrogens with zero attached hydrogens (tertiary/aromatic N) is 2. The molecule has 0 fully saturated rings. The lowest BCUT2D eigenvalue weighted by atomic mass is 9.95. The molecule has 1 atom stereocenters. The second-order valence-electron chi connectivity index (χ2n) is 5.86. The molecule has 0 saturated carbocycles. The van der Waals surface area contributed by atoms with Gasteiger partial charge in [0.2, 0.25) is 0 Å². The van der Waals surface area contributed by atoms with Crippen LogP contribution < -0.4 is 10.1 Å². The monoisotopic (exact) mass is 321 g/mol. The fourth-order valence-electron chi connectivity index (χ4n) is 3.03. The minimum atomic E-state index is -0.196. The Labute approximate surface area is 141 Å². The van der Waals surface area contributed by atoms with Crippen LogP contribution >= 0.6 is 0 Å². The first kappa shape index (κ1) is 16.0. The first-order chi connectivity index (χ1) is 11.7. The average Bonchev–Trinajstić information content (AvgIpc) is 2.60. The van der Waals surface area contributed by atoms with Gasteiger partial charge in [-0.3, -0.25) is 9.69 Å². The Morgan fingerprint density at radius 2 is 2.04 bits per heavy atom. The number of ether oxygens (including phenoxy) is 1. The Morgan fingerprint density at radius 3 is 2.88 bits per heavy atom. The summed E-state index contributed by atoms with van der Waals surface area (Å²) in [6, 6.07) is 17.0. The maximum Gasteiger partial charge on any atom is 0.255 e. The van der Waals surface area contributed by atoms with Crippen molar-refractivity contribution in [1.29, 1.82) is 5.26 Å². The van der Waals surface area contributed by atoms with E-state index in [2.05, 4.69) is 22.3 Å². The number of likely N-dealkylation sites (N-methyl/N-ethyl adjacent to an activating group) is 1. The smallest absolute Gasteiger partial charge is 0.255 e. The van der Waals surface area contributed by atoms with E-state index in [4.69, 9.17) is 10.00 Å². The van der Waals surface area contributed by atoms with Crippen molar-refractivity contribution < 1.29 is 9.53 Å². The van der Waals surface area contributed by atoms with Crippen molar-refractivity contribution in [3.63, 3.8) is 0 Å². The maximum absolute atomic E-state index is 12.7. The number of nitriles is 1. The summed E-state index contributed by atoms with van der Waals surface area (Å²) in [6.07, 6.45) is 0. The van der Waals surface area contributed by atoms with Gasteiger partial charge in [0, 0.05) is 13.1 Å². The van der Waals surface area contributed by atoms with Gasteiger partial charge in [0.05, 0.1) is 11.6 Å². The number of hydrogen-bond donors (Lipinski definition) is 1. The summed E-state index contributed by atoms with van der Waals surface area (Å²) in [5.74, 6) is 0.229. The topological polar surface area (TPSA) is 65.4 Å². The maximum atomic E-state index is 12.7. The van der Waals surface area contributed by atoms with Crippen molar-refractivity contribution >= 4 is 5.91 Å². The molecule has 1 N–H and O–H groups in total. The van der Waals surface area contributed by atoms with Gasteiger partial charge >= 0.3 is 0 Å². The van der Waals surface area contributed by atoms with Gasteiger partial charge in [-0.2, -0.15) is 5.26 Å². The number of amides is 1. The highest BCUT2D eigenvalue weighted by atomic mass is 16.5. The van der Waals surface area contributed by atoms with Gasteiger partial charge in [0.25, 0.3) is 5.91 Å². The van der Waals surface area contributed by atoms with Crippen LogP contribution in [0.1, 0.15) is 27.5 Å². The summed E-state index contributed by atoms with van der Waals surface area (Å²) in [4.78, 5) is 14.9. The quantitative estimate of drug-likeness (QED) is 0.940. The third-order valence-electron chi connectivity index (χ3n) is 4.09. The second kappa shape index (κ2) is 7.16. The molecule has 0 saturated heterocycles. The number of carbonyl (C=O) groups excluding carboxylic acids is 1. The standard InChI is InChI=1S/C19H19N3O2/c1-22-12-14-6-2-3-7-15(14)17(13-22)21-19(23)16-8-4-5-9-18(16)24-11-10-20/h2-9,17H,11-13H2,1H3,(H,21,23). The Kier molecular flexibility index (Phi) is 4.78. The third-order valence-corrected chi connectivity index (χ3v) is 4.09. The van der Waals surface area contributed by atoms with Crippen LogP contribution in [-0.2, 0) is 6.54 Å². The lowest BCUT2D eigenvalue weighted by Crippen LogP contribution is -2.40. The molecule has 0 bridgehead atoms. The summed E-state index contributed by atoms with van der Waals surface area (Å²) < 4.78 is 5.35. The molecule has 1 amide bonds. The van der Waals surface area contributed by atoms with Gasteiger partial charge in [0.1, 0.15) is 11.8 Å². The number of fused-ring (bicyclic) bond motifs is 1. The molecule has 0 aliphatic carbocycles. The van der Waals surface area contributed by atoms with E-state index in [0.717, 1.165) is 18.7 Å². The zero-order chi connectivity index (χ0) is 16.9. The number of rotatable bonds is 4. The molecule has 1 aliphatic rings. The molecule has 0 spiro atoms. The van der Waals surface area contributed by atoms with E-state index in [0.29, 0.717) is 11.3 Å². The zero-order valence-corrected chi connectivity index (χ0v) is 13.5. The number of para-hydroxylation sites is 1. The molecule has 5 nitrogen and oxygen atoms in total. The predicted molar refractivity (Wildman–Crippen MR) is 90.5 cm³/mol. The largest absolute Gasteiger partial charge is 0.478 e. The first-order valence-electron chi connectivity index (χ1n) is 7.85. The van der Waals surface area contributed by atoms with E-state index in [-0.39, 0.29) is 18.6 Å². The number of hydrogen-bond acceptors (Lipinski definition) is 4. The van der Waals surface area contributed by atoms with Crippen LogP contribution in [0.3, 0.4) is 0 Å². The van der Waals surface area contributed by atoms with Crippen LogP contribution in [0.5, 0.6) is 5.75 Å². The van der Waals surface area contributed by atoms with Crippen LogP contribution in [0.25, 0.3) is 0 Å². The van der Waals surface area contributed by atoms with Crippen molar-refractivity contribution in [2.75, 3.05) is 20.2 Å². The summed E-state index contributed by atoms with van der Waals surface area (Å²) in [5.41, 5.74) is 2.82. The Morgan fingerprint density at radius 1 is 1.29 bits per heavy atom. The molecular weight excluding hydrogens is 302 g/mol. The lowest BCUT2D eigenvalue weighted by molar-refractivity contribution is 0.0918. The van der Waals surface area contributed by atoms with Crippen molar-refractivity contribution in [2.24, 2.45) is 0 Å². The fraction of sp³-hybridized carbons (Fsp3) is 0.263. The van der Waals surface area contributed by atoms with Crippen LogP contribution in [0.15, 0.2) is 48.5 Å². The van der Waals surface area contributed by atoms with Gasteiger partial charge in [-0.05, 0) is 30.3 Å². The van der Waals surface area contributed by atoms with E-state index in [1.165, 1.54) is 5.56 Å². The molecule has 1 heterocycles. The zero-order valence-electron chi connectivity index (χ0n) is 13.5. The second-order valence-corrected chi connectivity index (χ2v) is 5.86. The fourth-order valence-corrected chi connectivity index (χ4v) is 3.03. The van der Waals surface area contributed by atoms with Gasteiger partial charge in [0.15, 0.2) is 6.61 Å². The summed E-state index contributed by atoms with van der Waals surface area (Å²) in [5, 5.41) is 11.8. The molecule has 5 heteroatoms. The summed E-state index contributed by atoms with van der Waals surface area (Å²) >= 11 is 0. The Bertz CT molecular complexity index is 782. The SMILES string of the molecule is CN1Cc2ccccc2C(NC(=O)c2ccccc2OCC#N)C1. The first-order valence-corrected chi connectivity index (χ1v) is 7.85. The van der Waals surface area contributed by atoms with Gasteiger partial charge in [-0.15, -0.1) is 0 Å². The molecule has 122 valence electrons. The van der Waals surface area contributed by atoms with Crippen LogP contribution in [0.4, 0.5) is 0 Å². The Hall–Kier alpha value is -2.84. The van der Waals surface area contributed by atoms with Crippen molar-refractivity contribution in [1.82, 2.24) is 10.2 Å². The van der Waals surface area contributed by atoms with Crippen molar-refractivity contribution in [2.45, 2.75) is 12.6 Å². The third kappa shape index (κ3) is 3.39. The van der Waals surface area contributed by atoms with Gasteiger partial charge in [-0.25, -0.2) is 0 Å². The highest BCUT2D eigenvalue weighted by Crippen LogP contribution is 2.26. The normalized spacial score (nSPS) is 16.8. The van der Waals surface area contributed by atoms with E-state index in [1.54, 1.807) is 24.3 Å². The Balaban J connectivity index is 1.82. The molecule has 1 unspecified atom stereocenters. The van der Waals surface area contributed by atoms with E-state index in [1.807, 2.05) is 25.2 Å². The highest BCUT2D eigenvalue weighted by molar-refractivity contribution is 5.97. The van der Waals surface area contributed by atoms with Gasteiger partial charge < -0.3 is 10.1 Å². The average molecular weight is 321 g/mol. The van der Waals surface area contributed by atoms with E-state index < -0.39 is 0 Å². The molecule has 2 aromatic rings. The number of nitrogens with one attached hydrogen (secondary N) is 1. The molecule has 1 aliphatic heterocycles. The highest BCUT2D eigenvalue weighted by Gasteiger charge is 2.25. The molecule has 3 rings (SSSR count). The molecular formula is C19H19N3O2. The lowest BCUT2D eigenvalue weighted by Gasteiger charge is -2.32. The van der Waals surface area contributed by atoms with E-state index in [9.17, 15) is 4.79 Å². The predicted octanol–water partition coefficient (Wildman–Crippen LogP) is 2.51. The van der Waals surface area contributed by atoms with Crippen molar-refractivity contribution in [3.8, 4) is 11.8 Å². The number of benzene rings is 2. The van der Waals surface area contributed by atoms with Crippen LogP contribution in [0.2, 0.25) is 0 Å². The molecule has 24 heavy (non-hydrogen) atoms. The minimum absolute atomic E-state index is 0.0727. The molecule has 0 aromatic heterocycles. The molecule has 0 radical (unpaired) electrons. The van der Waals surface area contributed by atoms with Crippen LogP contribution in [-0.4, -0.2) is 31.0 Å². The molecule has 2 aromatic carbocycles. The summed E-state index contributed by atoms with van der Waals surface area (Å²) in [6.45, 7) is 1.55. The van der Waals surface area contributed by atoms with E-state index >= 15 is 0 Å². The summed E-state index contributed by atoms with van der Waals surface area (Å²) in [7, 11) is 2.04. The van der Waals surface area contributed by atoms with Gasteiger partial charge in [-0.1, -0.05) is 36.4 Å². The number of carbonyl (C=O) groups is 1. The van der Waals surface area contributed by atoms with Crippen molar-refractivity contribution in [3.05, 3.63) is 65.2 Å². The minimum Gasteiger partial charge on any atom is -0.478 e.